The molecular formula is C22H25N3O3S. The molecule has 0 atom stereocenters. The van der Waals surface area contributed by atoms with Gasteiger partial charge >= 0.3 is 6.03 Å². The van der Waals surface area contributed by atoms with Crippen molar-refractivity contribution in [2.75, 3.05) is 26.7 Å². The lowest BCUT2D eigenvalue weighted by Gasteiger charge is -2.31. The van der Waals surface area contributed by atoms with Crippen molar-refractivity contribution in [1.29, 1.82) is 0 Å². The first-order valence-corrected chi connectivity index (χ1v) is 10.7. The second-order valence-corrected chi connectivity index (χ2v) is 8.08. The van der Waals surface area contributed by atoms with Crippen molar-refractivity contribution >= 4 is 27.6 Å². The number of nitrogens with one attached hydrogen (secondary N) is 1. The van der Waals surface area contributed by atoms with E-state index in [-0.39, 0.29) is 12.1 Å². The van der Waals surface area contributed by atoms with Gasteiger partial charge in [0.25, 0.3) is 5.19 Å². The van der Waals surface area contributed by atoms with Crippen LogP contribution < -0.4 is 14.8 Å². The molecule has 2 amide bonds. The Morgan fingerprint density at radius 2 is 2.00 bits per heavy atom. The average Bonchev–Trinajstić information content (AvgIpc) is 3.16. The van der Waals surface area contributed by atoms with E-state index in [1.165, 1.54) is 5.56 Å². The van der Waals surface area contributed by atoms with Gasteiger partial charge in [0.1, 0.15) is 11.9 Å². The number of hydrogen-bond donors (Lipinski definition) is 1. The van der Waals surface area contributed by atoms with Crippen molar-refractivity contribution in [3.63, 3.8) is 0 Å². The highest BCUT2D eigenvalue weighted by atomic mass is 32.1. The van der Waals surface area contributed by atoms with Crippen LogP contribution in [0, 0.1) is 0 Å². The fourth-order valence-corrected chi connectivity index (χ4v) is 4.31. The number of piperidine rings is 1. The van der Waals surface area contributed by atoms with Crippen molar-refractivity contribution in [2.45, 2.75) is 25.4 Å². The van der Waals surface area contributed by atoms with Crippen molar-refractivity contribution < 1.29 is 14.3 Å². The Hall–Kier alpha value is -2.80. The summed E-state index contributed by atoms with van der Waals surface area (Å²) in [5, 5.41) is 3.70. The summed E-state index contributed by atoms with van der Waals surface area (Å²) in [6.45, 7) is 2.04. The Labute approximate surface area is 174 Å². The van der Waals surface area contributed by atoms with E-state index in [1.54, 1.807) is 18.4 Å². The van der Waals surface area contributed by atoms with E-state index in [1.807, 2.05) is 41.3 Å². The first-order chi connectivity index (χ1) is 14.2. The number of amides is 2. The third kappa shape index (κ3) is 4.98. The van der Waals surface area contributed by atoms with Crippen LogP contribution in [0.3, 0.4) is 0 Å². The van der Waals surface area contributed by atoms with E-state index in [0.717, 1.165) is 35.2 Å². The average molecular weight is 412 g/mol. The topological polar surface area (TPSA) is 63.7 Å². The summed E-state index contributed by atoms with van der Waals surface area (Å²) in [7, 11) is 1.65. The number of thiazole rings is 1. The third-order valence-corrected chi connectivity index (χ3v) is 6.03. The van der Waals surface area contributed by atoms with Gasteiger partial charge in [-0.25, -0.2) is 9.78 Å². The van der Waals surface area contributed by atoms with Gasteiger partial charge in [-0.3, -0.25) is 0 Å². The number of rotatable bonds is 6. The van der Waals surface area contributed by atoms with Gasteiger partial charge in [0.05, 0.1) is 17.3 Å². The molecule has 6 nitrogen and oxygen atoms in total. The molecule has 1 aromatic heterocycles. The molecule has 2 aromatic carbocycles. The van der Waals surface area contributed by atoms with Gasteiger partial charge in [-0.1, -0.05) is 41.7 Å². The predicted octanol–water partition coefficient (Wildman–Crippen LogP) is 4.10. The lowest BCUT2D eigenvalue weighted by molar-refractivity contribution is 0.111. The first-order valence-electron chi connectivity index (χ1n) is 9.89. The highest BCUT2D eigenvalue weighted by Gasteiger charge is 2.24. The number of likely N-dealkylation sites (tertiary alicyclic amines) is 1. The molecule has 1 N–H and O–H groups in total. The van der Waals surface area contributed by atoms with Crippen LogP contribution in [0.25, 0.3) is 10.2 Å². The first kappa shape index (κ1) is 19.5. The molecular weight excluding hydrogens is 386 g/mol. The van der Waals surface area contributed by atoms with Gasteiger partial charge in [0.2, 0.25) is 0 Å². The highest BCUT2D eigenvalue weighted by molar-refractivity contribution is 7.20. The molecule has 1 aliphatic heterocycles. The van der Waals surface area contributed by atoms with Crippen LogP contribution in [0.1, 0.15) is 18.4 Å². The van der Waals surface area contributed by atoms with Crippen LogP contribution >= 0.6 is 11.3 Å². The molecule has 0 bridgehead atoms. The summed E-state index contributed by atoms with van der Waals surface area (Å²) in [4.78, 5) is 18.8. The number of hydrogen-bond acceptors (Lipinski definition) is 5. The van der Waals surface area contributed by atoms with Crippen molar-refractivity contribution in [1.82, 2.24) is 15.2 Å². The fourth-order valence-electron chi connectivity index (χ4n) is 3.45. The lowest BCUT2D eigenvalue weighted by Crippen LogP contribution is -2.46. The van der Waals surface area contributed by atoms with E-state index in [9.17, 15) is 4.79 Å². The van der Waals surface area contributed by atoms with Crippen LogP contribution in [-0.4, -0.2) is 48.8 Å². The van der Waals surface area contributed by atoms with E-state index in [0.29, 0.717) is 24.8 Å². The largest absolute Gasteiger partial charge is 0.497 e. The standard InChI is InChI=1S/C22H25N3O3S/c1-27-18-7-8-20-19(15-18)24-22(29-20)28-17-10-13-25(14-11-17)21(26)23-12-9-16-5-3-2-4-6-16/h2-8,15,17H,9-14H2,1H3,(H,23,26). The van der Waals surface area contributed by atoms with Gasteiger partial charge in [0, 0.05) is 38.5 Å². The number of aromatic nitrogens is 1. The van der Waals surface area contributed by atoms with Crippen LogP contribution in [0.2, 0.25) is 0 Å². The maximum absolute atomic E-state index is 12.4. The summed E-state index contributed by atoms with van der Waals surface area (Å²) in [5.41, 5.74) is 2.12. The molecule has 0 aliphatic carbocycles. The smallest absolute Gasteiger partial charge is 0.317 e. The molecule has 152 valence electrons. The number of fused-ring (bicyclic) bond motifs is 1. The summed E-state index contributed by atoms with van der Waals surface area (Å²) >= 11 is 1.54. The van der Waals surface area contributed by atoms with Crippen LogP contribution in [0.15, 0.2) is 48.5 Å². The monoisotopic (exact) mass is 411 g/mol. The van der Waals surface area contributed by atoms with Crippen molar-refractivity contribution in [3.05, 3.63) is 54.1 Å². The molecule has 2 heterocycles. The van der Waals surface area contributed by atoms with E-state index < -0.39 is 0 Å². The summed E-state index contributed by atoms with van der Waals surface area (Å²) in [6, 6.07) is 16.0. The minimum absolute atomic E-state index is 0.00598. The summed E-state index contributed by atoms with van der Waals surface area (Å²) < 4.78 is 12.4. The second-order valence-electron chi connectivity index (χ2n) is 7.09. The molecule has 1 fully saturated rings. The van der Waals surface area contributed by atoms with Crippen LogP contribution in [0.4, 0.5) is 4.79 Å². The zero-order valence-corrected chi connectivity index (χ0v) is 17.3. The number of benzene rings is 2. The number of nitrogens with zero attached hydrogens (tertiary/aromatic N) is 2. The normalized spacial score (nSPS) is 14.7. The molecule has 1 aliphatic rings. The summed E-state index contributed by atoms with van der Waals surface area (Å²) in [6.07, 6.45) is 2.55. The Kier molecular flexibility index (Phi) is 6.14. The Morgan fingerprint density at radius 1 is 1.21 bits per heavy atom. The minimum Gasteiger partial charge on any atom is -0.497 e. The molecule has 4 rings (SSSR count). The zero-order chi connectivity index (χ0) is 20.1. The molecule has 1 saturated heterocycles. The Bertz CT molecular complexity index is 952. The lowest BCUT2D eigenvalue weighted by atomic mass is 10.1. The number of urea groups is 1. The van der Waals surface area contributed by atoms with Crippen molar-refractivity contribution in [2.24, 2.45) is 0 Å². The zero-order valence-electron chi connectivity index (χ0n) is 16.5. The molecule has 0 unspecified atom stereocenters. The number of carbonyl (C=O) groups excluding carboxylic acids is 1. The summed E-state index contributed by atoms with van der Waals surface area (Å²) in [5.74, 6) is 0.793. The second kappa shape index (κ2) is 9.13. The van der Waals surface area contributed by atoms with Gasteiger partial charge in [-0.2, -0.15) is 0 Å². The van der Waals surface area contributed by atoms with Crippen molar-refractivity contribution in [3.8, 4) is 10.9 Å². The van der Waals surface area contributed by atoms with E-state index >= 15 is 0 Å². The maximum atomic E-state index is 12.4. The van der Waals surface area contributed by atoms with Gasteiger partial charge in [-0.15, -0.1) is 0 Å². The van der Waals surface area contributed by atoms with Gasteiger partial charge in [0.15, 0.2) is 0 Å². The fraction of sp³-hybridized carbons (Fsp3) is 0.364. The molecule has 29 heavy (non-hydrogen) atoms. The predicted molar refractivity (Wildman–Crippen MR) is 115 cm³/mol. The number of methoxy groups -OCH3 is 1. The van der Waals surface area contributed by atoms with Gasteiger partial charge in [-0.05, 0) is 24.1 Å². The SMILES string of the molecule is COc1ccc2sc(OC3CCN(C(=O)NCCc4ccccc4)CC3)nc2c1. The van der Waals surface area contributed by atoms with Gasteiger partial charge < -0.3 is 19.7 Å². The quantitative estimate of drug-likeness (QED) is 0.663. The molecule has 0 saturated carbocycles. The van der Waals surface area contributed by atoms with E-state index in [4.69, 9.17) is 9.47 Å². The maximum Gasteiger partial charge on any atom is 0.317 e. The number of carbonyl (C=O) groups is 1. The van der Waals surface area contributed by atoms with Crippen LogP contribution in [0.5, 0.6) is 10.9 Å². The molecule has 0 spiro atoms. The molecule has 0 radical (unpaired) electrons. The molecule has 3 aromatic rings. The Morgan fingerprint density at radius 3 is 2.76 bits per heavy atom. The van der Waals surface area contributed by atoms with E-state index in [2.05, 4.69) is 22.4 Å². The minimum atomic E-state index is 0.00598. The molecule has 7 heteroatoms. The Balaban J connectivity index is 1.23. The number of ether oxygens (including phenoxy) is 2. The highest BCUT2D eigenvalue weighted by Crippen LogP contribution is 2.31. The third-order valence-electron chi connectivity index (χ3n) is 5.10. The van der Waals surface area contributed by atoms with Crippen LogP contribution in [-0.2, 0) is 6.42 Å².